The molecule has 0 amide bonds. The predicted octanol–water partition coefficient (Wildman–Crippen LogP) is 3.12. The number of nitrogens with zero attached hydrogens (tertiary/aromatic N) is 2. The van der Waals surface area contributed by atoms with Crippen LogP contribution in [0.25, 0.3) is 0 Å². The highest BCUT2D eigenvalue weighted by molar-refractivity contribution is 5.46. The van der Waals surface area contributed by atoms with Crippen LogP contribution in [-0.2, 0) is 12.8 Å². The fraction of sp³-hybridized carbons (Fsp3) is 0.368. The summed E-state index contributed by atoms with van der Waals surface area (Å²) in [4.78, 5) is 4.98. The van der Waals surface area contributed by atoms with E-state index in [-0.39, 0.29) is 5.82 Å². The zero-order valence-corrected chi connectivity index (χ0v) is 12.7. The van der Waals surface area contributed by atoms with Crippen LogP contribution in [0.4, 0.5) is 10.1 Å². The van der Waals surface area contributed by atoms with Gasteiger partial charge in [-0.25, -0.2) is 4.39 Å². The number of fused-ring (bicyclic) bond motifs is 1. The van der Waals surface area contributed by atoms with E-state index in [4.69, 9.17) is 0 Å². The van der Waals surface area contributed by atoms with Gasteiger partial charge in [0.25, 0.3) is 0 Å². The quantitative estimate of drug-likeness (QED) is 0.840. The SMILES string of the molecule is Fc1ccc(N2CCN(C3Cc4ccccc4C3)CC2)cc1. The number of halogens is 1. The van der Waals surface area contributed by atoms with Crippen LogP contribution in [-0.4, -0.2) is 37.1 Å². The van der Waals surface area contributed by atoms with E-state index in [1.807, 2.05) is 12.1 Å². The predicted molar refractivity (Wildman–Crippen MR) is 87.8 cm³/mol. The summed E-state index contributed by atoms with van der Waals surface area (Å²) >= 11 is 0. The van der Waals surface area contributed by atoms with Gasteiger partial charge in [-0.1, -0.05) is 24.3 Å². The van der Waals surface area contributed by atoms with Gasteiger partial charge in [-0.3, -0.25) is 4.90 Å². The lowest BCUT2D eigenvalue weighted by atomic mass is 10.1. The Hall–Kier alpha value is -1.87. The van der Waals surface area contributed by atoms with Gasteiger partial charge in [0.15, 0.2) is 0 Å². The molecule has 0 unspecified atom stereocenters. The Morgan fingerprint density at radius 2 is 1.36 bits per heavy atom. The number of hydrogen-bond donors (Lipinski definition) is 0. The Morgan fingerprint density at radius 1 is 0.773 bits per heavy atom. The smallest absolute Gasteiger partial charge is 0.123 e. The van der Waals surface area contributed by atoms with Crippen molar-refractivity contribution in [3.63, 3.8) is 0 Å². The minimum atomic E-state index is -0.161. The molecular weight excluding hydrogens is 275 g/mol. The maximum absolute atomic E-state index is 13.0. The first-order valence-electron chi connectivity index (χ1n) is 8.11. The molecule has 1 saturated heterocycles. The second-order valence-corrected chi connectivity index (χ2v) is 6.33. The molecule has 0 spiro atoms. The summed E-state index contributed by atoms with van der Waals surface area (Å²) in [5, 5.41) is 0. The van der Waals surface area contributed by atoms with E-state index in [1.165, 1.54) is 24.0 Å². The Balaban J connectivity index is 1.38. The molecule has 2 aromatic rings. The van der Waals surface area contributed by atoms with Crippen molar-refractivity contribution in [2.45, 2.75) is 18.9 Å². The fourth-order valence-electron chi connectivity index (χ4n) is 3.79. The van der Waals surface area contributed by atoms with Crippen LogP contribution in [0.5, 0.6) is 0 Å². The zero-order valence-electron chi connectivity index (χ0n) is 12.7. The van der Waals surface area contributed by atoms with Crippen molar-refractivity contribution in [2.75, 3.05) is 31.1 Å². The molecule has 2 aliphatic rings. The Bertz CT molecular complexity index is 620. The van der Waals surface area contributed by atoms with Crippen LogP contribution in [0, 0.1) is 5.82 Å². The van der Waals surface area contributed by atoms with Crippen molar-refractivity contribution in [3.8, 4) is 0 Å². The fourth-order valence-corrected chi connectivity index (χ4v) is 3.79. The van der Waals surface area contributed by atoms with Gasteiger partial charge in [0.2, 0.25) is 0 Å². The van der Waals surface area contributed by atoms with Gasteiger partial charge in [0.05, 0.1) is 0 Å². The molecule has 4 rings (SSSR count). The Morgan fingerprint density at radius 3 is 1.95 bits per heavy atom. The molecular formula is C19H21FN2. The molecule has 0 saturated carbocycles. The number of rotatable bonds is 2. The minimum absolute atomic E-state index is 0.161. The normalized spacial score (nSPS) is 19.4. The van der Waals surface area contributed by atoms with Crippen LogP contribution in [0.15, 0.2) is 48.5 Å². The Labute approximate surface area is 131 Å². The van der Waals surface area contributed by atoms with Gasteiger partial charge in [-0.15, -0.1) is 0 Å². The monoisotopic (exact) mass is 296 g/mol. The van der Waals surface area contributed by atoms with Crippen LogP contribution >= 0.6 is 0 Å². The summed E-state index contributed by atoms with van der Waals surface area (Å²) in [6, 6.07) is 16.4. The van der Waals surface area contributed by atoms with Gasteiger partial charge >= 0.3 is 0 Å². The first-order valence-corrected chi connectivity index (χ1v) is 8.11. The largest absolute Gasteiger partial charge is 0.369 e. The molecule has 2 nitrogen and oxygen atoms in total. The molecule has 114 valence electrons. The summed E-state index contributed by atoms with van der Waals surface area (Å²) in [5.74, 6) is -0.161. The summed E-state index contributed by atoms with van der Waals surface area (Å²) in [7, 11) is 0. The third kappa shape index (κ3) is 2.61. The van der Waals surface area contributed by atoms with E-state index in [0.29, 0.717) is 6.04 Å². The highest BCUT2D eigenvalue weighted by Gasteiger charge is 2.28. The van der Waals surface area contributed by atoms with Gasteiger partial charge < -0.3 is 4.90 Å². The molecule has 3 heteroatoms. The molecule has 1 aliphatic carbocycles. The lowest BCUT2D eigenvalue weighted by molar-refractivity contribution is 0.190. The number of piperazine rings is 1. The highest BCUT2D eigenvalue weighted by atomic mass is 19.1. The van der Waals surface area contributed by atoms with E-state index in [1.54, 1.807) is 12.1 Å². The van der Waals surface area contributed by atoms with E-state index >= 15 is 0 Å². The second kappa shape index (κ2) is 5.73. The molecule has 1 fully saturated rings. The van der Waals surface area contributed by atoms with E-state index in [2.05, 4.69) is 34.1 Å². The third-order valence-electron chi connectivity index (χ3n) is 5.05. The number of benzene rings is 2. The number of anilines is 1. The molecule has 0 bridgehead atoms. The van der Waals surface area contributed by atoms with Gasteiger partial charge in [-0.2, -0.15) is 0 Å². The van der Waals surface area contributed by atoms with Crippen LogP contribution < -0.4 is 4.90 Å². The molecule has 0 radical (unpaired) electrons. The summed E-state index contributed by atoms with van der Waals surface area (Å²) < 4.78 is 13.0. The second-order valence-electron chi connectivity index (χ2n) is 6.33. The summed E-state index contributed by atoms with van der Waals surface area (Å²) in [6.07, 6.45) is 2.37. The van der Waals surface area contributed by atoms with E-state index < -0.39 is 0 Å². The lowest BCUT2D eigenvalue weighted by Gasteiger charge is -2.39. The molecule has 22 heavy (non-hydrogen) atoms. The van der Waals surface area contributed by atoms with Crippen molar-refractivity contribution in [2.24, 2.45) is 0 Å². The van der Waals surface area contributed by atoms with Crippen molar-refractivity contribution < 1.29 is 4.39 Å². The van der Waals surface area contributed by atoms with Crippen molar-refractivity contribution in [1.82, 2.24) is 4.90 Å². The van der Waals surface area contributed by atoms with Gasteiger partial charge in [0.1, 0.15) is 5.82 Å². The molecule has 1 heterocycles. The van der Waals surface area contributed by atoms with Crippen molar-refractivity contribution in [1.29, 1.82) is 0 Å². The Kier molecular flexibility index (Phi) is 3.59. The van der Waals surface area contributed by atoms with Gasteiger partial charge in [0, 0.05) is 37.9 Å². The maximum Gasteiger partial charge on any atom is 0.123 e. The standard InChI is InChI=1S/C19H21FN2/c20-17-5-7-18(8-6-17)21-9-11-22(12-10-21)19-13-15-3-1-2-4-16(15)14-19/h1-8,19H,9-14H2. The summed E-state index contributed by atoms with van der Waals surface area (Å²) in [5.41, 5.74) is 4.18. The zero-order chi connectivity index (χ0) is 14.9. The van der Waals surface area contributed by atoms with Crippen molar-refractivity contribution in [3.05, 3.63) is 65.5 Å². The minimum Gasteiger partial charge on any atom is -0.369 e. The van der Waals surface area contributed by atoms with Crippen LogP contribution in [0.1, 0.15) is 11.1 Å². The first-order chi connectivity index (χ1) is 10.8. The van der Waals surface area contributed by atoms with Crippen molar-refractivity contribution >= 4 is 5.69 Å². The lowest BCUT2D eigenvalue weighted by Crippen LogP contribution is -2.50. The third-order valence-corrected chi connectivity index (χ3v) is 5.05. The summed E-state index contributed by atoms with van der Waals surface area (Å²) in [6.45, 7) is 4.24. The van der Waals surface area contributed by atoms with Gasteiger partial charge in [-0.05, 0) is 48.2 Å². The molecule has 0 N–H and O–H groups in total. The van der Waals surface area contributed by atoms with E-state index in [0.717, 1.165) is 31.9 Å². The molecule has 1 aliphatic heterocycles. The first kappa shape index (κ1) is 13.8. The molecule has 0 aromatic heterocycles. The van der Waals surface area contributed by atoms with Crippen LogP contribution in [0.2, 0.25) is 0 Å². The highest BCUT2D eigenvalue weighted by Crippen LogP contribution is 2.27. The van der Waals surface area contributed by atoms with E-state index in [9.17, 15) is 4.39 Å². The molecule has 0 atom stereocenters. The average molecular weight is 296 g/mol. The topological polar surface area (TPSA) is 6.48 Å². The molecule has 2 aromatic carbocycles. The van der Waals surface area contributed by atoms with Crippen LogP contribution in [0.3, 0.4) is 0 Å². The maximum atomic E-state index is 13.0. The number of hydrogen-bond acceptors (Lipinski definition) is 2. The average Bonchev–Trinajstić information content (AvgIpc) is 3.00.